The zero-order valence-electron chi connectivity index (χ0n) is 14.7. The fourth-order valence-corrected chi connectivity index (χ4v) is 3.83. The molecule has 1 unspecified atom stereocenters. The number of amides is 1. The van der Waals surface area contributed by atoms with Crippen LogP contribution in [0, 0.1) is 0 Å². The van der Waals surface area contributed by atoms with Crippen molar-refractivity contribution < 1.29 is 13.9 Å². The Morgan fingerprint density at radius 3 is 3.00 bits per heavy atom. The smallest absolute Gasteiger partial charge is 0.241 e. The van der Waals surface area contributed by atoms with Gasteiger partial charge in [-0.15, -0.1) is 10.2 Å². The maximum absolute atomic E-state index is 13.0. The molecule has 1 saturated heterocycles. The van der Waals surface area contributed by atoms with Crippen LogP contribution in [0.3, 0.4) is 0 Å². The van der Waals surface area contributed by atoms with E-state index in [2.05, 4.69) is 14.6 Å². The molecule has 0 spiro atoms. The first-order valence-electron chi connectivity index (χ1n) is 8.67. The third-order valence-electron chi connectivity index (χ3n) is 4.45. The monoisotopic (exact) mass is 372 g/mol. The molecule has 3 heterocycles. The predicted molar refractivity (Wildman–Crippen MR) is 97.0 cm³/mol. The summed E-state index contributed by atoms with van der Waals surface area (Å²) in [5.41, 5.74) is 0.814. The lowest BCUT2D eigenvalue weighted by Crippen LogP contribution is -2.44. The minimum absolute atomic E-state index is 0.00125. The van der Waals surface area contributed by atoms with E-state index in [4.69, 9.17) is 9.15 Å². The van der Waals surface area contributed by atoms with E-state index in [-0.39, 0.29) is 24.3 Å². The number of morpholine rings is 1. The molecule has 0 aliphatic carbocycles. The lowest BCUT2D eigenvalue weighted by molar-refractivity contribution is -0.140. The zero-order valence-corrected chi connectivity index (χ0v) is 15.5. The molecule has 7 nitrogen and oxygen atoms in total. The highest BCUT2D eigenvalue weighted by atomic mass is 32.1. The van der Waals surface area contributed by atoms with E-state index in [1.165, 1.54) is 11.5 Å². The normalized spacial score (nSPS) is 18.0. The van der Waals surface area contributed by atoms with Crippen molar-refractivity contribution in [2.24, 2.45) is 0 Å². The van der Waals surface area contributed by atoms with Crippen LogP contribution in [0.2, 0.25) is 0 Å². The quantitative estimate of drug-likeness (QED) is 0.700. The van der Waals surface area contributed by atoms with Crippen molar-refractivity contribution in [3.8, 4) is 0 Å². The molecule has 0 N–H and O–H groups in total. The summed E-state index contributed by atoms with van der Waals surface area (Å²) < 4.78 is 16.9. The van der Waals surface area contributed by atoms with Gasteiger partial charge in [-0.05, 0) is 17.6 Å². The van der Waals surface area contributed by atoms with Crippen molar-refractivity contribution in [2.45, 2.75) is 32.2 Å². The second kappa shape index (κ2) is 7.13. The molecular weight excluding hydrogens is 352 g/mol. The van der Waals surface area contributed by atoms with E-state index < -0.39 is 0 Å². The van der Waals surface area contributed by atoms with Gasteiger partial charge in [0, 0.05) is 17.8 Å². The van der Waals surface area contributed by atoms with Crippen molar-refractivity contribution in [1.29, 1.82) is 0 Å². The lowest BCUT2D eigenvalue weighted by atomic mass is 10.1. The Morgan fingerprint density at radius 2 is 2.19 bits per heavy atom. The summed E-state index contributed by atoms with van der Waals surface area (Å²) in [6.45, 7) is 5.36. The van der Waals surface area contributed by atoms with Crippen molar-refractivity contribution >= 4 is 27.5 Å². The van der Waals surface area contributed by atoms with Crippen LogP contribution in [0.15, 0.2) is 28.7 Å². The van der Waals surface area contributed by atoms with Gasteiger partial charge < -0.3 is 14.1 Å². The highest BCUT2D eigenvalue weighted by Crippen LogP contribution is 2.27. The Kier molecular flexibility index (Phi) is 4.69. The zero-order chi connectivity index (χ0) is 18.1. The van der Waals surface area contributed by atoms with E-state index in [0.717, 1.165) is 15.8 Å². The Bertz CT molecular complexity index is 920. The van der Waals surface area contributed by atoms with Gasteiger partial charge in [-0.1, -0.05) is 32.0 Å². The SMILES string of the molecule is CC(C)c1nnc(C2COCCN2C(=O)Cc2nsc3ccccc23)o1. The number of hydrogen-bond acceptors (Lipinski definition) is 7. The molecule has 1 aromatic carbocycles. The number of ether oxygens (including phenoxy) is 1. The molecule has 1 atom stereocenters. The number of fused-ring (bicyclic) bond motifs is 1. The van der Waals surface area contributed by atoms with Gasteiger partial charge >= 0.3 is 0 Å². The number of benzene rings is 1. The standard InChI is InChI=1S/C18H20N4O3S/c1-11(2)17-19-20-18(25-17)14-10-24-8-7-22(14)16(23)9-13-12-5-3-4-6-15(12)26-21-13/h3-6,11,14H,7-10H2,1-2H3. The summed E-state index contributed by atoms with van der Waals surface area (Å²) in [5.74, 6) is 1.15. The first kappa shape index (κ1) is 17.1. The number of nitrogens with zero attached hydrogens (tertiary/aromatic N) is 4. The van der Waals surface area contributed by atoms with Crippen LogP contribution in [0.5, 0.6) is 0 Å². The highest BCUT2D eigenvalue weighted by Gasteiger charge is 2.33. The van der Waals surface area contributed by atoms with Gasteiger partial charge in [0.05, 0.1) is 30.0 Å². The molecule has 0 saturated carbocycles. The number of hydrogen-bond donors (Lipinski definition) is 0. The highest BCUT2D eigenvalue weighted by molar-refractivity contribution is 7.13. The van der Waals surface area contributed by atoms with Gasteiger partial charge in [0.2, 0.25) is 17.7 Å². The first-order valence-corrected chi connectivity index (χ1v) is 9.44. The molecule has 2 aromatic heterocycles. The summed E-state index contributed by atoms with van der Waals surface area (Å²) in [7, 11) is 0. The second-order valence-electron chi connectivity index (χ2n) is 6.61. The molecule has 1 fully saturated rings. The van der Waals surface area contributed by atoms with Gasteiger partial charge in [0.1, 0.15) is 6.04 Å². The number of rotatable bonds is 4. The van der Waals surface area contributed by atoms with E-state index in [0.29, 0.717) is 31.5 Å². The number of carbonyl (C=O) groups is 1. The summed E-state index contributed by atoms with van der Waals surface area (Å²) in [4.78, 5) is 14.8. The molecule has 0 radical (unpaired) electrons. The van der Waals surface area contributed by atoms with E-state index >= 15 is 0 Å². The van der Waals surface area contributed by atoms with Crippen LogP contribution >= 0.6 is 11.5 Å². The maximum Gasteiger partial charge on any atom is 0.241 e. The number of carbonyl (C=O) groups excluding carboxylic acids is 1. The van der Waals surface area contributed by atoms with Crippen LogP contribution in [-0.2, 0) is 16.0 Å². The molecule has 8 heteroatoms. The summed E-state index contributed by atoms with van der Waals surface area (Å²) in [6.07, 6.45) is 0.256. The summed E-state index contributed by atoms with van der Waals surface area (Å²) in [5, 5.41) is 9.25. The van der Waals surface area contributed by atoms with E-state index in [9.17, 15) is 4.79 Å². The van der Waals surface area contributed by atoms with E-state index in [1.54, 1.807) is 4.90 Å². The summed E-state index contributed by atoms with van der Waals surface area (Å²) >= 11 is 1.42. The molecule has 1 aliphatic rings. The van der Waals surface area contributed by atoms with Crippen LogP contribution in [-0.4, -0.2) is 45.1 Å². The molecular formula is C18H20N4O3S. The average molecular weight is 372 g/mol. The maximum atomic E-state index is 13.0. The van der Waals surface area contributed by atoms with Crippen LogP contribution < -0.4 is 0 Å². The molecule has 3 aromatic rings. The Balaban J connectivity index is 1.56. The fraction of sp³-hybridized carbons (Fsp3) is 0.444. The fourth-order valence-electron chi connectivity index (χ4n) is 3.03. The molecule has 136 valence electrons. The van der Waals surface area contributed by atoms with E-state index in [1.807, 2.05) is 38.1 Å². The topological polar surface area (TPSA) is 81.4 Å². The van der Waals surface area contributed by atoms with Crippen molar-refractivity contribution in [3.63, 3.8) is 0 Å². The first-order chi connectivity index (χ1) is 12.6. The average Bonchev–Trinajstić information content (AvgIpc) is 3.30. The minimum atomic E-state index is -0.346. The lowest BCUT2D eigenvalue weighted by Gasteiger charge is -2.33. The third-order valence-corrected chi connectivity index (χ3v) is 5.32. The molecule has 1 aliphatic heterocycles. The van der Waals surface area contributed by atoms with Gasteiger partial charge in [-0.3, -0.25) is 4.79 Å². The van der Waals surface area contributed by atoms with Crippen LogP contribution in [0.1, 0.15) is 43.3 Å². The van der Waals surface area contributed by atoms with Gasteiger partial charge in [0.25, 0.3) is 0 Å². The summed E-state index contributed by atoms with van der Waals surface area (Å²) in [6, 6.07) is 7.62. The minimum Gasteiger partial charge on any atom is -0.423 e. The van der Waals surface area contributed by atoms with Crippen molar-refractivity contribution in [3.05, 3.63) is 41.7 Å². The second-order valence-corrected chi connectivity index (χ2v) is 7.42. The Labute approximate surface area is 155 Å². The van der Waals surface area contributed by atoms with Gasteiger partial charge in [-0.25, -0.2) is 0 Å². The van der Waals surface area contributed by atoms with Gasteiger partial charge in [0.15, 0.2) is 0 Å². The van der Waals surface area contributed by atoms with Gasteiger partial charge in [-0.2, -0.15) is 4.37 Å². The molecule has 1 amide bonds. The Morgan fingerprint density at radius 1 is 1.35 bits per heavy atom. The Hall–Kier alpha value is -2.32. The van der Waals surface area contributed by atoms with Crippen molar-refractivity contribution in [2.75, 3.05) is 19.8 Å². The largest absolute Gasteiger partial charge is 0.423 e. The predicted octanol–water partition coefficient (Wildman–Crippen LogP) is 2.95. The number of aromatic nitrogens is 3. The van der Waals surface area contributed by atoms with Crippen LogP contribution in [0.25, 0.3) is 10.1 Å². The third kappa shape index (κ3) is 3.22. The van der Waals surface area contributed by atoms with Crippen LogP contribution in [0.4, 0.5) is 0 Å². The molecule has 4 rings (SSSR count). The molecule has 0 bridgehead atoms. The molecule has 26 heavy (non-hydrogen) atoms. The van der Waals surface area contributed by atoms with Crippen molar-refractivity contribution in [1.82, 2.24) is 19.5 Å².